The lowest BCUT2D eigenvalue weighted by molar-refractivity contribution is -0.192. The van der Waals surface area contributed by atoms with Crippen molar-refractivity contribution < 1.29 is 41.0 Å². The van der Waals surface area contributed by atoms with Crippen molar-refractivity contribution in [1.29, 1.82) is 0 Å². The van der Waals surface area contributed by atoms with Crippen LogP contribution < -0.4 is 4.74 Å². The Morgan fingerprint density at radius 2 is 1.69 bits per heavy atom. The molecule has 0 aliphatic carbocycles. The molecule has 1 spiro atoms. The Morgan fingerprint density at radius 1 is 1.09 bits per heavy atom. The summed E-state index contributed by atoms with van der Waals surface area (Å²) in [5.74, 6) is -2.46. The summed E-state index contributed by atoms with van der Waals surface area (Å²) in [5.41, 5.74) is 0.108. The number of nitrogens with zero attached hydrogens (tertiary/aromatic N) is 3. The number of ether oxygens (including phenoxy) is 1. The van der Waals surface area contributed by atoms with Crippen molar-refractivity contribution in [1.82, 2.24) is 14.2 Å². The smallest absolute Gasteiger partial charge is 0.490 e. The highest BCUT2D eigenvalue weighted by molar-refractivity contribution is 7.89. The van der Waals surface area contributed by atoms with E-state index in [9.17, 15) is 26.4 Å². The highest BCUT2D eigenvalue weighted by Crippen LogP contribution is 2.38. The van der Waals surface area contributed by atoms with E-state index < -0.39 is 22.2 Å². The number of sulfonamides is 1. The van der Waals surface area contributed by atoms with Crippen LogP contribution in [0.3, 0.4) is 0 Å². The molecule has 0 unspecified atom stereocenters. The van der Waals surface area contributed by atoms with Crippen molar-refractivity contribution in [2.45, 2.75) is 23.9 Å². The summed E-state index contributed by atoms with van der Waals surface area (Å²) in [5, 5.41) is 7.12. The number of fused-ring (bicyclic) bond motifs is 1. The van der Waals surface area contributed by atoms with Crippen LogP contribution in [0.2, 0.25) is 0 Å². The van der Waals surface area contributed by atoms with Crippen molar-refractivity contribution in [3.63, 3.8) is 0 Å². The van der Waals surface area contributed by atoms with Crippen molar-refractivity contribution >= 4 is 21.9 Å². The van der Waals surface area contributed by atoms with Gasteiger partial charge in [-0.15, -0.1) is 0 Å². The molecule has 2 aliphatic rings. The molecular weight excluding hydrogens is 491 g/mol. The molecule has 2 aliphatic heterocycles. The number of rotatable bonds is 1. The Balaban J connectivity index is 0.000000429. The fourth-order valence-corrected chi connectivity index (χ4v) is 5.33. The number of benzene rings is 1. The number of pyridine rings is 1. The maximum atomic E-state index is 12.9. The van der Waals surface area contributed by atoms with Crippen LogP contribution in [0.25, 0.3) is 0 Å². The second-order valence-electron chi connectivity index (χ2n) is 8.31. The summed E-state index contributed by atoms with van der Waals surface area (Å²) in [4.78, 5) is 27.7. The van der Waals surface area contributed by atoms with Crippen molar-refractivity contribution in [3.05, 3.63) is 54.4 Å². The molecule has 1 aromatic heterocycles. The van der Waals surface area contributed by atoms with Crippen molar-refractivity contribution in [3.8, 4) is 5.75 Å². The van der Waals surface area contributed by atoms with Gasteiger partial charge in [0.25, 0.3) is 5.91 Å². The van der Waals surface area contributed by atoms with E-state index in [0.717, 1.165) is 0 Å². The van der Waals surface area contributed by atoms with Gasteiger partial charge in [-0.3, -0.25) is 9.78 Å². The number of hydrogen-bond donors (Lipinski definition) is 1. The minimum absolute atomic E-state index is 0.0893. The molecular formula is C22H24F3N3O6S. The summed E-state index contributed by atoms with van der Waals surface area (Å²) in [6.45, 7) is 1.90. The molecule has 35 heavy (non-hydrogen) atoms. The van der Waals surface area contributed by atoms with Gasteiger partial charge in [0.2, 0.25) is 10.0 Å². The highest BCUT2D eigenvalue weighted by Gasteiger charge is 2.42. The van der Waals surface area contributed by atoms with Gasteiger partial charge in [0, 0.05) is 38.3 Å². The van der Waals surface area contributed by atoms with Gasteiger partial charge in [0.05, 0.1) is 6.61 Å². The Bertz CT molecular complexity index is 1170. The number of hydrogen-bond acceptors (Lipinski definition) is 6. The predicted molar refractivity (Wildman–Crippen MR) is 117 cm³/mol. The first-order valence-corrected chi connectivity index (χ1v) is 12.0. The quantitative estimate of drug-likeness (QED) is 0.621. The zero-order valence-corrected chi connectivity index (χ0v) is 19.6. The predicted octanol–water partition coefficient (Wildman–Crippen LogP) is 2.65. The number of carbonyl (C=O) groups is 2. The topological polar surface area (TPSA) is 117 Å². The molecule has 1 amide bonds. The second-order valence-corrected chi connectivity index (χ2v) is 10.3. The number of carboxylic acid groups (broad SMARTS) is 1. The fourth-order valence-electron chi connectivity index (χ4n) is 3.92. The van der Waals surface area contributed by atoms with Gasteiger partial charge < -0.3 is 14.7 Å². The molecule has 0 radical (unpaired) electrons. The molecule has 0 bridgehead atoms. The molecule has 0 saturated carbocycles. The van der Waals surface area contributed by atoms with Crippen LogP contribution in [0.1, 0.15) is 23.3 Å². The third-order valence-corrected chi connectivity index (χ3v) is 7.71. The second kappa shape index (κ2) is 10.2. The van der Waals surface area contributed by atoms with Gasteiger partial charge in [-0.25, -0.2) is 17.5 Å². The Kier molecular flexibility index (Phi) is 7.70. The third kappa shape index (κ3) is 6.09. The Labute approximate surface area is 200 Å². The van der Waals surface area contributed by atoms with Gasteiger partial charge >= 0.3 is 12.1 Å². The van der Waals surface area contributed by atoms with E-state index in [-0.39, 0.29) is 16.2 Å². The third-order valence-electron chi connectivity index (χ3n) is 5.87. The number of para-hydroxylation sites is 1. The van der Waals surface area contributed by atoms with Gasteiger partial charge in [-0.2, -0.15) is 13.2 Å². The summed E-state index contributed by atoms with van der Waals surface area (Å²) >= 11 is 0. The molecule has 3 heterocycles. The molecule has 1 saturated heterocycles. The molecule has 1 N–H and O–H groups in total. The van der Waals surface area contributed by atoms with Gasteiger partial charge in [0.1, 0.15) is 16.3 Å². The highest BCUT2D eigenvalue weighted by atomic mass is 32.2. The first kappa shape index (κ1) is 26.4. The van der Waals surface area contributed by atoms with Crippen molar-refractivity contribution in [2.75, 3.05) is 33.3 Å². The van der Waals surface area contributed by atoms with Gasteiger partial charge in [0.15, 0.2) is 0 Å². The number of likely N-dealkylation sites (tertiary alicyclic amines) is 1. The zero-order valence-electron chi connectivity index (χ0n) is 18.7. The van der Waals surface area contributed by atoms with Crippen LogP contribution in [-0.2, 0) is 14.8 Å². The summed E-state index contributed by atoms with van der Waals surface area (Å²) < 4.78 is 65.0. The molecule has 9 nitrogen and oxygen atoms in total. The largest absolute Gasteiger partial charge is 0.492 e. The maximum absolute atomic E-state index is 12.9. The Morgan fingerprint density at radius 3 is 2.26 bits per heavy atom. The minimum Gasteiger partial charge on any atom is -0.492 e. The lowest BCUT2D eigenvalue weighted by atomic mass is 9.78. The number of aliphatic carboxylic acids is 1. The Hall–Kier alpha value is -3.19. The van der Waals surface area contributed by atoms with Crippen LogP contribution in [0.5, 0.6) is 5.75 Å². The lowest BCUT2D eigenvalue weighted by Crippen LogP contribution is -2.51. The number of halogens is 3. The van der Waals surface area contributed by atoms with Crippen molar-refractivity contribution in [2.24, 2.45) is 5.41 Å². The number of alkyl halides is 3. The van der Waals surface area contributed by atoms with E-state index in [1.54, 1.807) is 60.6 Å². The fraction of sp³-hybridized carbons (Fsp3) is 0.409. The van der Waals surface area contributed by atoms with Crippen LogP contribution in [-0.4, -0.2) is 79.1 Å². The number of piperidine rings is 1. The molecule has 1 fully saturated rings. The van der Waals surface area contributed by atoms with Crippen LogP contribution in [0.4, 0.5) is 13.2 Å². The molecule has 1 aromatic carbocycles. The SMILES string of the molecule is CN1CC2(CCN(C(=O)c3ccccn3)CC2)COc2ccccc2S1(=O)=O.O=C(O)C(F)(F)F. The summed E-state index contributed by atoms with van der Waals surface area (Å²) in [6, 6.07) is 12.0. The van der Waals surface area contributed by atoms with Gasteiger partial charge in [-0.05, 0) is 37.1 Å². The van der Waals surface area contributed by atoms with E-state index >= 15 is 0 Å². The number of carboxylic acids is 1. The first-order chi connectivity index (χ1) is 16.4. The van der Waals surface area contributed by atoms with E-state index in [2.05, 4.69) is 4.98 Å². The average Bonchev–Trinajstić information content (AvgIpc) is 2.83. The zero-order chi connectivity index (χ0) is 25.9. The maximum Gasteiger partial charge on any atom is 0.490 e. The average molecular weight is 516 g/mol. The van der Waals surface area contributed by atoms with Gasteiger partial charge in [-0.1, -0.05) is 18.2 Å². The normalized spacial score (nSPS) is 19.3. The number of aromatic nitrogens is 1. The molecule has 13 heteroatoms. The lowest BCUT2D eigenvalue weighted by Gasteiger charge is -2.44. The van der Waals surface area contributed by atoms with E-state index in [1.807, 2.05) is 0 Å². The first-order valence-electron chi connectivity index (χ1n) is 10.5. The number of amides is 1. The van der Waals surface area contributed by atoms with E-state index in [1.165, 1.54) is 4.31 Å². The molecule has 4 rings (SSSR count). The molecule has 190 valence electrons. The van der Waals surface area contributed by atoms with Crippen LogP contribution in [0, 0.1) is 5.41 Å². The summed E-state index contributed by atoms with van der Waals surface area (Å²) in [6.07, 6.45) is -2.13. The summed E-state index contributed by atoms with van der Waals surface area (Å²) in [7, 11) is -2.00. The molecule has 0 atom stereocenters. The standard InChI is InChI=1S/C20H23N3O4S.C2HF3O2/c1-22-14-20(15-27-17-7-2-3-8-18(17)28(22,25)26)9-12-23(13-10-20)19(24)16-6-4-5-11-21-16;3-2(4,5)1(6)7/h2-8,11H,9-10,12-15H2,1H3;(H,6,7). The monoisotopic (exact) mass is 515 g/mol. The minimum atomic E-state index is -5.08. The number of carbonyl (C=O) groups excluding carboxylic acids is 1. The van der Waals surface area contributed by atoms with Crippen LogP contribution in [0.15, 0.2) is 53.6 Å². The molecule has 2 aromatic rings. The van der Waals surface area contributed by atoms with E-state index in [4.69, 9.17) is 14.6 Å². The van der Waals surface area contributed by atoms with Crippen LogP contribution >= 0.6 is 0 Å². The van der Waals surface area contributed by atoms with E-state index in [0.29, 0.717) is 50.5 Å².